The third-order valence-electron chi connectivity index (χ3n) is 2.45. The van der Waals surface area contributed by atoms with Gasteiger partial charge in [0.1, 0.15) is 0 Å². The third-order valence-corrected chi connectivity index (χ3v) is 2.45. The molecule has 0 bridgehead atoms. The van der Waals surface area contributed by atoms with Crippen LogP contribution in [0.5, 0.6) is 0 Å². The number of esters is 1. The van der Waals surface area contributed by atoms with Crippen molar-refractivity contribution in [3.8, 4) is 0 Å². The van der Waals surface area contributed by atoms with Crippen molar-refractivity contribution < 1.29 is 14.3 Å². The van der Waals surface area contributed by atoms with Gasteiger partial charge < -0.3 is 9.47 Å². The molecule has 0 N–H and O–H groups in total. The van der Waals surface area contributed by atoms with Gasteiger partial charge in [0.2, 0.25) is 0 Å². The molecule has 0 aliphatic carbocycles. The van der Waals surface area contributed by atoms with Crippen molar-refractivity contribution in [3.05, 3.63) is 12.2 Å². The van der Waals surface area contributed by atoms with E-state index in [1.54, 1.807) is 0 Å². The van der Waals surface area contributed by atoms with Crippen LogP contribution in [-0.2, 0) is 14.3 Å². The first-order chi connectivity index (χ1) is 7.50. The zero-order chi connectivity index (χ0) is 12.0. The summed E-state index contributed by atoms with van der Waals surface area (Å²) in [5.41, 5.74) is -0.404. The second-order valence-corrected chi connectivity index (χ2v) is 5.15. The molecule has 0 aromatic carbocycles. The highest BCUT2D eigenvalue weighted by Gasteiger charge is 2.22. The van der Waals surface area contributed by atoms with Gasteiger partial charge >= 0.3 is 5.97 Å². The number of rotatable bonds is 4. The Balaban J connectivity index is 2.09. The van der Waals surface area contributed by atoms with E-state index in [9.17, 15) is 4.79 Å². The van der Waals surface area contributed by atoms with Gasteiger partial charge in [-0.15, -0.1) is 0 Å². The molecule has 1 aliphatic heterocycles. The lowest BCUT2D eigenvalue weighted by molar-refractivity contribution is -0.152. The lowest BCUT2D eigenvalue weighted by Crippen LogP contribution is -2.23. The molecule has 1 atom stereocenters. The molecule has 1 fully saturated rings. The molecule has 0 radical (unpaired) electrons. The topological polar surface area (TPSA) is 35.5 Å². The summed E-state index contributed by atoms with van der Waals surface area (Å²) >= 11 is 0. The van der Waals surface area contributed by atoms with Crippen LogP contribution >= 0.6 is 0 Å². The minimum Gasteiger partial charge on any atom is -0.465 e. The van der Waals surface area contributed by atoms with E-state index in [2.05, 4.69) is 6.08 Å². The van der Waals surface area contributed by atoms with E-state index < -0.39 is 5.41 Å². The first kappa shape index (κ1) is 13.2. The fraction of sp³-hybridized carbons (Fsp3) is 0.769. The first-order valence-electron chi connectivity index (χ1n) is 5.95. The molecule has 92 valence electrons. The molecule has 0 spiro atoms. The number of carbonyl (C=O) groups is 1. The fourth-order valence-corrected chi connectivity index (χ4v) is 1.44. The van der Waals surface area contributed by atoms with E-state index in [4.69, 9.17) is 9.47 Å². The van der Waals surface area contributed by atoms with Crippen LogP contribution in [-0.4, -0.2) is 25.3 Å². The third kappa shape index (κ3) is 4.79. The Morgan fingerprint density at radius 3 is 2.81 bits per heavy atom. The minimum atomic E-state index is -0.404. The monoisotopic (exact) mass is 226 g/mol. The van der Waals surface area contributed by atoms with Gasteiger partial charge in [0.15, 0.2) is 0 Å². The highest BCUT2D eigenvalue weighted by atomic mass is 16.5. The highest BCUT2D eigenvalue weighted by molar-refractivity contribution is 5.75. The molecular formula is C13H22O3. The average molecular weight is 226 g/mol. The van der Waals surface area contributed by atoms with Gasteiger partial charge in [-0.25, -0.2) is 0 Å². The number of hydrogen-bond acceptors (Lipinski definition) is 3. The molecule has 1 saturated heterocycles. The van der Waals surface area contributed by atoms with Crippen LogP contribution in [0.1, 0.15) is 40.0 Å². The van der Waals surface area contributed by atoms with Crippen molar-refractivity contribution in [1.82, 2.24) is 0 Å². The predicted octanol–water partition coefficient (Wildman–Crippen LogP) is 2.70. The summed E-state index contributed by atoms with van der Waals surface area (Å²) in [6.45, 7) is 6.90. The highest BCUT2D eigenvalue weighted by Crippen LogP contribution is 2.15. The largest absolute Gasteiger partial charge is 0.465 e. The molecule has 3 heteroatoms. The van der Waals surface area contributed by atoms with Crippen molar-refractivity contribution in [2.75, 3.05) is 13.2 Å². The standard InChI is InChI=1S/C13H22O3/c1-13(2,3)12(14)16-9-5-4-7-11-8-6-10-15-11/h4,7,11H,5-6,8-10H2,1-3H3/b7-4+. The Morgan fingerprint density at radius 2 is 2.25 bits per heavy atom. The molecule has 0 saturated carbocycles. The lowest BCUT2D eigenvalue weighted by Gasteiger charge is -2.15. The normalized spacial score (nSPS) is 21.6. The molecule has 0 aromatic rings. The summed E-state index contributed by atoms with van der Waals surface area (Å²) in [7, 11) is 0. The molecular weight excluding hydrogens is 204 g/mol. The molecule has 1 heterocycles. The summed E-state index contributed by atoms with van der Waals surface area (Å²) < 4.78 is 10.6. The quantitative estimate of drug-likeness (QED) is 0.420. The summed E-state index contributed by atoms with van der Waals surface area (Å²) in [6, 6.07) is 0. The van der Waals surface area contributed by atoms with Crippen LogP contribution in [0.25, 0.3) is 0 Å². The number of ether oxygens (including phenoxy) is 2. The van der Waals surface area contributed by atoms with Crippen molar-refractivity contribution in [3.63, 3.8) is 0 Å². The molecule has 1 aliphatic rings. The Kier molecular flexibility index (Phi) is 5.00. The van der Waals surface area contributed by atoms with E-state index >= 15 is 0 Å². The van der Waals surface area contributed by atoms with Gasteiger partial charge in [-0.2, -0.15) is 0 Å². The molecule has 0 amide bonds. The Bertz CT molecular complexity index is 244. The van der Waals surface area contributed by atoms with Crippen LogP contribution < -0.4 is 0 Å². The minimum absolute atomic E-state index is 0.141. The van der Waals surface area contributed by atoms with Crippen LogP contribution in [0, 0.1) is 5.41 Å². The molecule has 0 aromatic heterocycles. The van der Waals surface area contributed by atoms with Crippen LogP contribution in [0.2, 0.25) is 0 Å². The van der Waals surface area contributed by atoms with E-state index in [0.717, 1.165) is 25.9 Å². The van der Waals surface area contributed by atoms with Crippen molar-refractivity contribution in [1.29, 1.82) is 0 Å². The van der Waals surface area contributed by atoms with Gasteiger partial charge in [-0.05, 0) is 40.0 Å². The Hall–Kier alpha value is -0.830. The number of carbonyl (C=O) groups excluding carboxylic acids is 1. The van der Waals surface area contributed by atoms with Gasteiger partial charge in [0.25, 0.3) is 0 Å². The molecule has 16 heavy (non-hydrogen) atoms. The van der Waals surface area contributed by atoms with E-state index in [1.165, 1.54) is 0 Å². The maximum atomic E-state index is 11.4. The Morgan fingerprint density at radius 1 is 1.50 bits per heavy atom. The fourth-order valence-electron chi connectivity index (χ4n) is 1.44. The smallest absolute Gasteiger partial charge is 0.311 e. The first-order valence-corrected chi connectivity index (χ1v) is 5.95. The number of hydrogen-bond donors (Lipinski definition) is 0. The second kappa shape index (κ2) is 6.04. The zero-order valence-electron chi connectivity index (χ0n) is 10.5. The van der Waals surface area contributed by atoms with Gasteiger partial charge in [0.05, 0.1) is 18.1 Å². The van der Waals surface area contributed by atoms with Gasteiger partial charge in [-0.1, -0.05) is 12.2 Å². The summed E-state index contributed by atoms with van der Waals surface area (Å²) in [5.74, 6) is -0.141. The summed E-state index contributed by atoms with van der Waals surface area (Å²) in [6.07, 6.45) is 7.40. The SMILES string of the molecule is CC(C)(C)C(=O)OCC/C=C/C1CCCO1. The second-order valence-electron chi connectivity index (χ2n) is 5.15. The average Bonchev–Trinajstić information content (AvgIpc) is 2.68. The van der Waals surface area contributed by atoms with E-state index in [-0.39, 0.29) is 12.1 Å². The van der Waals surface area contributed by atoms with Crippen molar-refractivity contribution in [2.45, 2.75) is 46.1 Å². The maximum Gasteiger partial charge on any atom is 0.311 e. The van der Waals surface area contributed by atoms with Crippen molar-refractivity contribution >= 4 is 5.97 Å². The summed E-state index contributed by atoms with van der Waals surface area (Å²) in [4.78, 5) is 11.4. The maximum absolute atomic E-state index is 11.4. The van der Waals surface area contributed by atoms with Crippen LogP contribution in [0.15, 0.2) is 12.2 Å². The van der Waals surface area contributed by atoms with E-state index in [1.807, 2.05) is 26.8 Å². The van der Waals surface area contributed by atoms with Gasteiger partial charge in [0, 0.05) is 6.61 Å². The summed E-state index contributed by atoms with van der Waals surface area (Å²) in [5, 5.41) is 0. The molecule has 1 rings (SSSR count). The Labute approximate surface area is 97.8 Å². The van der Waals surface area contributed by atoms with Crippen LogP contribution in [0.3, 0.4) is 0 Å². The van der Waals surface area contributed by atoms with Crippen LogP contribution in [0.4, 0.5) is 0 Å². The van der Waals surface area contributed by atoms with Gasteiger partial charge in [-0.3, -0.25) is 4.79 Å². The zero-order valence-corrected chi connectivity index (χ0v) is 10.5. The lowest BCUT2D eigenvalue weighted by atomic mass is 9.97. The predicted molar refractivity (Wildman–Crippen MR) is 63.1 cm³/mol. The molecule has 3 nitrogen and oxygen atoms in total. The van der Waals surface area contributed by atoms with Crippen molar-refractivity contribution in [2.24, 2.45) is 5.41 Å². The molecule has 1 unspecified atom stereocenters. The van der Waals surface area contributed by atoms with E-state index in [0.29, 0.717) is 6.61 Å².